The van der Waals surface area contributed by atoms with Crippen LogP contribution in [0.25, 0.3) is 76.0 Å². The first-order valence-corrected chi connectivity index (χ1v) is 18.1. The molecule has 9 aromatic rings. The summed E-state index contributed by atoms with van der Waals surface area (Å²) in [7, 11) is 0. The zero-order valence-electron chi connectivity index (χ0n) is 28.0. The Labute approximate surface area is 288 Å². The standard InChI is InChI=1S/C43H35N3S2/c1-24-7-11-38-32(17-24)34-20-26(3)19-31(42(34)45(38)40-13-9-28(5)47-40)30-15-16-44-37(23-30)36-22-27(4)21-35-33-18-25(2)8-12-39(33)46(43(35)36)41-14-10-29(6)48-41/h7-23H,1-6H3. The Morgan fingerprint density at radius 1 is 0.458 bits per heavy atom. The Hall–Kier alpha value is -4.97. The van der Waals surface area contributed by atoms with Gasteiger partial charge in [0.25, 0.3) is 0 Å². The maximum absolute atomic E-state index is 5.08. The van der Waals surface area contributed by atoms with E-state index in [2.05, 4.69) is 148 Å². The molecule has 0 aliphatic rings. The predicted octanol–water partition coefficient (Wildman–Crippen LogP) is 12.6. The summed E-state index contributed by atoms with van der Waals surface area (Å²) in [6, 6.07) is 36.5. The van der Waals surface area contributed by atoms with Crippen molar-refractivity contribution in [3.8, 4) is 32.4 Å². The monoisotopic (exact) mass is 657 g/mol. The molecule has 0 aliphatic heterocycles. The second-order valence-corrected chi connectivity index (χ2v) is 15.9. The predicted molar refractivity (Wildman–Crippen MR) is 208 cm³/mol. The molecule has 48 heavy (non-hydrogen) atoms. The normalized spacial score (nSPS) is 12.0. The summed E-state index contributed by atoms with van der Waals surface area (Å²) in [6.07, 6.45) is 1.99. The molecule has 234 valence electrons. The molecule has 0 saturated heterocycles. The lowest BCUT2D eigenvalue weighted by Crippen LogP contribution is -1.96. The fourth-order valence-corrected chi connectivity index (χ4v) is 9.28. The lowest BCUT2D eigenvalue weighted by atomic mass is 9.97. The van der Waals surface area contributed by atoms with Crippen molar-refractivity contribution in [3.05, 3.63) is 135 Å². The smallest absolute Gasteiger partial charge is 0.100 e. The summed E-state index contributed by atoms with van der Waals surface area (Å²) in [5.41, 5.74) is 14.5. The molecule has 5 heteroatoms. The highest BCUT2D eigenvalue weighted by Crippen LogP contribution is 2.43. The highest BCUT2D eigenvalue weighted by molar-refractivity contribution is 7.14. The van der Waals surface area contributed by atoms with E-state index in [-0.39, 0.29) is 0 Å². The molecule has 0 unspecified atom stereocenters. The maximum atomic E-state index is 5.08. The number of aryl methyl sites for hydroxylation is 6. The highest BCUT2D eigenvalue weighted by Gasteiger charge is 2.22. The summed E-state index contributed by atoms with van der Waals surface area (Å²) in [4.78, 5) is 7.69. The molecule has 0 fully saturated rings. The largest absolute Gasteiger partial charge is 0.300 e. The SMILES string of the molecule is Cc1ccc2c(c1)c1cc(C)cc(-c3ccnc(-c4cc(C)cc5c6cc(C)ccc6n(-c6ccc(C)s6)c45)c3)c1n2-c1ccc(C)s1. The number of hydrogen-bond donors (Lipinski definition) is 0. The molecular formula is C43H35N3S2. The quantitative estimate of drug-likeness (QED) is 0.185. The molecule has 9 rings (SSSR count). The molecule has 5 aromatic heterocycles. The van der Waals surface area contributed by atoms with Crippen LogP contribution in [0.3, 0.4) is 0 Å². The average molecular weight is 658 g/mol. The summed E-state index contributed by atoms with van der Waals surface area (Å²) in [6.45, 7) is 13.2. The molecule has 5 heterocycles. The Morgan fingerprint density at radius 2 is 0.958 bits per heavy atom. The number of aromatic nitrogens is 3. The van der Waals surface area contributed by atoms with Crippen molar-refractivity contribution in [2.45, 2.75) is 41.5 Å². The van der Waals surface area contributed by atoms with Crippen LogP contribution in [0.2, 0.25) is 0 Å². The number of pyridine rings is 1. The topological polar surface area (TPSA) is 22.8 Å². The molecule has 0 amide bonds. The Balaban J connectivity index is 1.35. The third-order valence-electron chi connectivity index (χ3n) is 9.56. The summed E-state index contributed by atoms with van der Waals surface area (Å²) in [5, 5.41) is 7.59. The second-order valence-electron chi connectivity index (χ2n) is 13.3. The maximum Gasteiger partial charge on any atom is 0.100 e. The number of nitrogens with zero attached hydrogens (tertiary/aromatic N) is 3. The molecule has 0 N–H and O–H groups in total. The van der Waals surface area contributed by atoms with Gasteiger partial charge in [-0.25, -0.2) is 0 Å². The van der Waals surface area contributed by atoms with Crippen LogP contribution in [0.5, 0.6) is 0 Å². The van der Waals surface area contributed by atoms with Crippen molar-refractivity contribution in [1.29, 1.82) is 0 Å². The minimum absolute atomic E-state index is 0.982. The number of thiophene rings is 2. The highest BCUT2D eigenvalue weighted by atomic mass is 32.1. The Kier molecular flexibility index (Phi) is 6.55. The molecule has 0 bridgehead atoms. The van der Waals surface area contributed by atoms with Crippen LogP contribution in [-0.4, -0.2) is 14.1 Å². The van der Waals surface area contributed by atoms with Gasteiger partial charge >= 0.3 is 0 Å². The van der Waals surface area contributed by atoms with Crippen LogP contribution in [0.4, 0.5) is 0 Å². The van der Waals surface area contributed by atoms with Crippen LogP contribution >= 0.6 is 22.7 Å². The van der Waals surface area contributed by atoms with Gasteiger partial charge in [-0.1, -0.05) is 23.3 Å². The van der Waals surface area contributed by atoms with Gasteiger partial charge < -0.3 is 4.57 Å². The van der Waals surface area contributed by atoms with Gasteiger partial charge in [-0.05, 0) is 143 Å². The van der Waals surface area contributed by atoms with Crippen molar-refractivity contribution < 1.29 is 0 Å². The van der Waals surface area contributed by atoms with Crippen molar-refractivity contribution >= 4 is 66.3 Å². The average Bonchev–Trinajstić information content (AvgIpc) is 3.84. The van der Waals surface area contributed by atoms with Gasteiger partial charge in [0.2, 0.25) is 0 Å². The van der Waals surface area contributed by atoms with Crippen molar-refractivity contribution in [2.24, 2.45) is 0 Å². The minimum atomic E-state index is 0.982. The van der Waals surface area contributed by atoms with Crippen LogP contribution in [0.15, 0.2) is 103 Å². The van der Waals surface area contributed by atoms with E-state index >= 15 is 0 Å². The van der Waals surface area contributed by atoms with E-state index in [0.29, 0.717) is 0 Å². The first-order chi connectivity index (χ1) is 23.2. The Morgan fingerprint density at radius 3 is 1.48 bits per heavy atom. The van der Waals surface area contributed by atoms with E-state index in [4.69, 9.17) is 4.98 Å². The first-order valence-electron chi connectivity index (χ1n) is 16.4. The van der Waals surface area contributed by atoms with Gasteiger partial charge in [-0.2, -0.15) is 0 Å². The van der Waals surface area contributed by atoms with E-state index in [0.717, 1.165) is 11.3 Å². The van der Waals surface area contributed by atoms with E-state index < -0.39 is 0 Å². The van der Waals surface area contributed by atoms with Crippen molar-refractivity contribution in [2.75, 3.05) is 0 Å². The summed E-state index contributed by atoms with van der Waals surface area (Å²) < 4.78 is 4.93. The van der Waals surface area contributed by atoms with Crippen LogP contribution in [0, 0.1) is 41.5 Å². The zero-order chi connectivity index (χ0) is 32.8. The lowest BCUT2D eigenvalue weighted by Gasteiger charge is -2.14. The number of hydrogen-bond acceptors (Lipinski definition) is 3. The minimum Gasteiger partial charge on any atom is -0.300 e. The third kappa shape index (κ3) is 4.49. The van der Waals surface area contributed by atoms with Gasteiger partial charge in [0.05, 0.1) is 27.8 Å². The van der Waals surface area contributed by atoms with Crippen LogP contribution in [0.1, 0.15) is 32.0 Å². The number of benzene rings is 4. The van der Waals surface area contributed by atoms with Crippen molar-refractivity contribution in [1.82, 2.24) is 14.1 Å². The van der Waals surface area contributed by atoms with Gasteiger partial charge in [-0.3, -0.25) is 9.55 Å². The molecule has 0 radical (unpaired) electrons. The van der Waals surface area contributed by atoms with Gasteiger partial charge in [0.1, 0.15) is 10.0 Å². The molecule has 0 atom stereocenters. The number of fused-ring (bicyclic) bond motifs is 6. The molecule has 3 nitrogen and oxygen atoms in total. The van der Waals surface area contributed by atoms with Crippen molar-refractivity contribution in [3.63, 3.8) is 0 Å². The van der Waals surface area contributed by atoms with Gasteiger partial charge in [-0.15, -0.1) is 22.7 Å². The van der Waals surface area contributed by atoms with E-state index in [9.17, 15) is 0 Å². The van der Waals surface area contributed by atoms with E-state index in [1.807, 2.05) is 28.9 Å². The van der Waals surface area contributed by atoms with E-state index in [1.54, 1.807) is 0 Å². The zero-order valence-corrected chi connectivity index (χ0v) is 29.6. The lowest BCUT2D eigenvalue weighted by molar-refractivity contribution is 1.21. The molecular weight excluding hydrogens is 623 g/mol. The molecule has 0 spiro atoms. The summed E-state index contributed by atoms with van der Waals surface area (Å²) >= 11 is 3.68. The second kappa shape index (κ2) is 10.8. The Bertz CT molecular complexity index is 2560. The van der Waals surface area contributed by atoms with Gasteiger partial charge in [0, 0.05) is 48.6 Å². The first kappa shape index (κ1) is 29.2. The fraction of sp³-hybridized carbons (Fsp3) is 0.140. The summed E-state index contributed by atoms with van der Waals surface area (Å²) in [5.74, 6) is 0. The molecule has 0 aliphatic carbocycles. The van der Waals surface area contributed by atoms with Crippen LogP contribution < -0.4 is 0 Å². The van der Waals surface area contributed by atoms with Crippen LogP contribution in [-0.2, 0) is 0 Å². The third-order valence-corrected chi connectivity index (χ3v) is 11.5. The molecule has 0 saturated carbocycles. The number of rotatable bonds is 4. The fourth-order valence-electron chi connectivity index (χ4n) is 7.51. The van der Waals surface area contributed by atoms with E-state index in [1.165, 1.54) is 96.7 Å². The molecule has 4 aromatic carbocycles. The van der Waals surface area contributed by atoms with Gasteiger partial charge in [0.15, 0.2) is 0 Å².